The molecule has 6 heteroatoms. The number of rotatable bonds is 42. The van der Waals surface area contributed by atoms with Crippen LogP contribution in [0.2, 0.25) is 0 Å². The predicted octanol–water partition coefficient (Wildman–Crippen LogP) is 16.5. The largest absolute Gasteiger partial charge is 0.462 e. The molecule has 0 aromatic heterocycles. The second-order valence-electron chi connectivity index (χ2n) is 15.9. The Morgan fingerprint density at radius 3 is 1.00 bits per heavy atom. The van der Waals surface area contributed by atoms with Crippen molar-refractivity contribution in [1.82, 2.24) is 0 Å². The summed E-state index contributed by atoms with van der Waals surface area (Å²) < 4.78 is 16.7. The van der Waals surface area contributed by atoms with E-state index in [0.29, 0.717) is 19.3 Å². The van der Waals surface area contributed by atoms with Crippen LogP contribution in [0.5, 0.6) is 0 Å². The summed E-state index contributed by atoms with van der Waals surface area (Å²) in [5.74, 6) is -1.04. The Bertz CT molecular complexity index is 1480. The first-order valence-electron chi connectivity index (χ1n) is 25.0. The van der Waals surface area contributed by atoms with E-state index in [1.54, 1.807) is 0 Å². The van der Waals surface area contributed by atoms with Crippen LogP contribution in [0.3, 0.4) is 0 Å². The Labute approximate surface area is 391 Å². The summed E-state index contributed by atoms with van der Waals surface area (Å²) in [6.45, 7) is 6.23. The Morgan fingerprint density at radius 1 is 0.328 bits per heavy atom. The molecule has 0 N–H and O–H groups in total. The van der Waals surface area contributed by atoms with Crippen LogP contribution in [0.4, 0.5) is 0 Å². The molecule has 1 atom stereocenters. The summed E-state index contributed by atoms with van der Waals surface area (Å²) in [6, 6.07) is 0. The van der Waals surface area contributed by atoms with Gasteiger partial charge in [0.25, 0.3) is 0 Å². The van der Waals surface area contributed by atoms with Gasteiger partial charge < -0.3 is 14.2 Å². The summed E-state index contributed by atoms with van der Waals surface area (Å²) >= 11 is 0. The smallest absolute Gasteiger partial charge is 0.306 e. The normalized spacial score (nSPS) is 13.4. The highest BCUT2D eigenvalue weighted by atomic mass is 16.6. The molecule has 0 fully saturated rings. The number of hydrogen-bond acceptors (Lipinski definition) is 6. The third-order valence-corrected chi connectivity index (χ3v) is 9.85. The number of carbonyl (C=O) groups excluding carboxylic acids is 3. The molecular weight excluding hydrogens is 793 g/mol. The summed E-state index contributed by atoms with van der Waals surface area (Å²) in [5, 5.41) is 0. The molecule has 0 radical (unpaired) electrons. The van der Waals surface area contributed by atoms with Crippen LogP contribution in [-0.2, 0) is 28.6 Å². The fourth-order valence-electron chi connectivity index (χ4n) is 6.13. The monoisotopic (exact) mass is 881 g/mol. The second-order valence-corrected chi connectivity index (χ2v) is 15.9. The lowest BCUT2D eigenvalue weighted by atomic mass is 10.1. The molecular formula is C58H88O6. The van der Waals surface area contributed by atoms with E-state index < -0.39 is 6.10 Å². The van der Waals surface area contributed by atoms with E-state index >= 15 is 0 Å². The fourth-order valence-corrected chi connectivity index (χ4v) is 6.13. The zero-order valence-electron chi connectivity index (χ0n) is 40.5. The Balaban J connectivity index is 4.62. The van der Waals surface area contributed by atoms with Crippen LogP contribution in [0.25, 0.3) is 0 Å². The molecule has 0 aromatic carbocycles. The SMILES string of the molecule is CC\C=C/C=C\C=C/C=C\C=C/CCCCCC(=O)OC(COC(=O)CCCCC\C=C/C=C/C=C\C=C/C=C\C=C/CC)COC(=O)CCCCC/C=C\CCCCCCCCC. The molecule has 6 nitrogen and oxygen atoms in total. The highest BCUT2D eigenvalue weighted by Crippen LogP contribution is 2.12. The number of esters is 3. The summed E-state index contributed by atoms with van der Waals surface area (Å²) in [7, 11) is 0. The minimum atomic E-state index is -0.831. The topological polar surface area (TPSA) is 78.9 Å². The predicted molar refractivity (Wildman–Crippen MR) is 274 cm³/mol. The first-order valence-corrected chi connectivity index (χ1v) is 25.0. The van der Waals surface area contributed by atoms with E-state index in [0.717, 1.165) is 83.5 Å². The number of hydrogen-bond donors (Lipinski definition) is 0. The minimum Gasteiger partial charge on any atom is -0.462 e. The van der Waals surface area contributed by atoms with Gasteiger partial charge in [0.05, 0.1) is 0 Å². The maximum absolute atomic E-state index is 12.8. The van der Waals surface area contributed by atoms with Crippen molar-refractivity contribution in [2.24, 2.45) is 0 Å². The molecule has 0 saturated heterocycles. The van der Waals surface area contributed by atoms with E-state index in [4.69, 9.17) is 14.2 Å². The molecule has 64 heavy (non-hydrogen) atoms. The summed E-state index contributed by atoms with van der Waals surface area (Å²) in [4.78, 5) is 37.9. The lowest BCUT2D eigenvalue weighted by molar-refractivity contribution is -0.167. The van der Waals surface area contributed by atoms with Gasteiger partial charge in [-0.3, -0.25) is 14.4 Å². The Hall–Kier alpha value is -4.71. The molecule has 0 saturated carbocycles. The number of ether oxygens (including phenoxy) is 3. The van der Waals surface area contributed by atoms with Crippen LogP contribution in [0, 0.1) is 0 Å². The fraction of sp³-hybridized carbons (Fsp3) is 0.534. The molecule has 0 spiro atoms. The average molecular weight is 881 g/mol. The first-order chi connectivity index (χ1) is 31.5. The van der Waals surface area contributed by atoms with Crippen molar-refractivity contribution in [3.63, 3.8) is 0 Å². The second kappa shape index (κ2) is 50.9. The van der Waals surface area contributed by atoms with E-state index in [1.807, 2.05) is 109 Å². The van der Waals surface area contributed by atoms with Gasteiger partial charge in [-0.05, 0) is 83.5 Å². The van der Waals surface area contributed by atoms with E-state index in [2.05, 4.69) is 57.2 Å². The van der Waals surface area contributed by atoms with Gasteiger partial charge >= 0.3 is 17.9 Å². The van der Waals surface area contributed by atoms with Crippen molar-refractivity contribution >= 4 is 17.9 Å². The highest BCUT2D eigenvalue weighted by molar-refractivity contribution is 5.71. The van der Waals surface area contributed by atoms with Gasteiger partial charge in [0.2, 0.25) is 0 Å². The zero-order valence-corrected chi connectivity index (χ0v) is 40.5. The number of unbranched alkanes of at least 4 members (excludes halogenated alkanes) is 16. The van der Waals surface area contributed by atoms with Gasteiger partial charge in [-0.1, -0.05) is 224 Å². The molecule has 0 aliphatic rings. The number of allylic oxidation sites excluding steroid dienone is 24. The van der Waals surface area contributed by atoms with Crippen molar-refractivity contribution in [3.8, 4) is 0 Å². The summed E-state index contributed by atoms with van der Waals surface area (Å²) in [6.07, 6.45) is 72.5. The van der Waals surface area contributed by atoms with Crippen LogP contribution in [0.1, 0.15) is 181 Å². The van der Waals surface area contributed by atoms with Gasteiger partial charge in [-0.15, -0.1) is 0 Å². The van der Waals surface area contributed by atoms with E-state index in [9.17, 15) is 14.4 Å². The van der Waals surface area contributed by atoms with Gasteiger partial charge in [0, 0.05) is 19.3 Å². The van der Waals surface area contributed by atoms with Crippen LogP contribution >= 0.6 is 0 Å². The third-order valence-electron chi connectivity index (χ3n) is 9.85. The van der Waals surface area contributed by atoms with Crippen LogP contribution in [0.15, 0.2) is 146 Å². The first kappa shape index (κ1) is 59.3. The zero-order chi connectivity index (χ0) is 46.5. The van der Waals surface area contributed by atoms with Crippen molar-refractivity contribution in [1.29, 1.82) is 0 Å². The van der Waals surface area contributed by atoms with E-state index in [-0.39, 0.29) is 44.0 Å². The van der Waals surface area contributed by atoms with Crippen LogP contribution < -0.4 is 0 Å². The van der Waals surface area contributed by atoms with Gasteiger partial charge in [0.1, 0.15) is 13.2 Å². The van der Waals surface area contributed by atoms with E-state index in [1.165, 1.54) is 44.9 Å². The van der Waals surface area contributed by atoms with Crippen molar-refractivity contribution in [2.45, 2.75) is 187 Å². The molecule has 0 heterocycles. The Morgan fingerprint density at radius 2 is 0.625 bits per heavy atom. The lowest BCUT2D eigenvalue weighted by Crippen LogP contribution is -2.30. The van der Waals surface area contributed by atoms with Crippen molar-refractivity contribution < 1.29 is 28.6 Å². The number of carbonyl (C=O) groups is 3. The summed E-state index contributed by atoms with van der Waals surface area (Å²) in [5.41, 5.74) is 0. The van der Waals surface area contributed by atoms with Gasteiger partial charge in [-0.2, -0.15) is 0 Å². The molecule has 0 aromatic rings. The lowest BCUT2D eigenvalue weighted by Gasteiger charge is -2.18. The maximum atomic E-state index is 12.8. The molecule has 356 valence electrons. The third kappa shape index (κ3) is 48.3. The van der Waals surface area contributed by atoms with Gasteiger partial charge in [-0.25, -0.2) is 0 Å². The molecule has 0 aliphatic carbocycles. The van der Waals surface area contributed by atoms with Gasteiger partial charge in [0.15, 0.2) is 6.10 Å². The van der Waals surface area contributed by atoms with Crippen molar-refractivity contribution in [2.75, 3.05) is 13.2 Å². The molecule has 0 rings (SSSR count). The molecule has 1 unspecified atom stereocenters. The minimum absolute atomic E-state index is 0.125. The molecule has 0 bridgehead atoms. The average Bonchev–Trinajstić information content (AvgIpc) is 3.29. The highest BCUT2D eigenvalue weighted by Gasteiger charge is 2.19. The Kier molecular flexibility index (Phi) is 47.2. The van der Waals surface area contributed by atoms with Crippen LogP contribution in [-0.4, -0.2) is 37.2 Å². The van der Waals surface area contributed by atoms with Crippen molar-refractivity contribution in [3.05, 3.63) is 146 Å². The standard InChI is InChI=1S/C58H88O6/c1-4-7-10-13-16-19-22-25-28-29-31-33-36-39-42-45-48-51-57(60)63-54-55(53-62-56(59)50-47-44-41-38-35-32-27-24-21-18-15-12-9-6-3)64-58(61)52-49-46-43-40-37-34-30-26-23-20-17-14-11-8-5-2/h7-8,10-11,13-14,16-17,19-20,22-23,25-26,28-37,55H,4-6,9,12,15,18,21,24,27,38-54H2,1-3H3/b10-7-,11-8-,16-13-,17-14-,22-19-,23-20-,28-25-,30-26-,31-29+,35-32-,36-33-,37-34-. The molecule has 0 amide bonds. The maximum Gasteiger partial charge on any atom is 0.306 e. The quantitative estimate of drug-likeness (QED) is 0.0200. The molecule has 0 aliphatic heterocycles.